The number of carboxylic acid groups (broad SMARTS) is 1. The van der Waals surface area contributed by atoms with Gasteiger partial charge in [0.15, 0.2) is 6.61 Å². The Morgan fingerprint density at radius 3 is 2.90 bits per heavy atom. The fraction of sp³-hybridized carbons (Fsp3) is 0.312. The molecular formula is C16H16N4O8S. The summed E-state index contributed by atoms with van der Waals surface area (Å²) in [6, 6.07) is 2.43. The minimum atomic E-state index is -1.34. The van der Waals surface area contributed by atoms with Crippen LogP contribution in [-0.2, 0) is 30.6 Å². The van der Waals surface area contributed by atoms with E-state index in [2.05, 4.69) is 15.2 Å². The second-order valence-corrected chi connectivity index (χ2v) is 6.95. The molecule has 29 heavy (non-hydrogen) atoms. The molecule has 4 N–H and O–H groups in total. The summed E-state index contributed by atoms with van der Waals surface area (Å²) >= 11 is 1.22. The smallest absolute Gasteiger partial charge is 0.404 e. The molecule has 1 aromatic rings. The standard InChI is InChI=1S/C16H16N4O8S/c17-16(25)27-5-8-7-29-14-11(13(22)20(14)12(8)15(23)24)19-10(21)4-18-28-6-9-2-1-3-26-9/h1-4,11,14H,5-7H2,(H2,17,25)(H,19,21)(H,23,24)/b18-4-/t11-,14-/m1/s1. The Morgan fingerprint density at radius 1 is 1.45 bits per heavy atom. The number of fused-ring (bicyclic) bond motifs is 1. The maximum absolute atomic E-state index is 12.4. The van der Waals surface area contributed by atoms with Gasteiger partial charge in [-0.1, -0.05) is 5.16 Å². The molecule has 0 spiro atoms. The number of hydrogen-bond donors (Lipinski definition) is 3. The van der Waals surface area contributed by atoms with Crippen LogP contribution in [0, 0.1) is 0 Å². The SMILES string of the molecule is NC(=O)OCC1=C(C(=O)O)N2C(=O)[C@@H](NC(=O)/C=N\OCc3ccco3)[C@H]2SC1. The third-order valence-corrected chi connectivity index (χ3v) is 5.31. The number of hydrogen-bond acceptors (Lipinski definition) is 9. The lowest BCUT2D eigenvalue weighted by molar-refractivity contribution is -0.150. The summed E-state index contributed by atoms with van der Waals surface area (Å²) in [4.78, 5) is 52.6. The van der Waals surface area contributed by atoms with Crippen LogP contribution >= 0.6 is 11.8 Å². The van der Waals surface area contributed by atoms with Crippen LogP contribution in [0.15, 0.2) is 39.2 Å². The van der Waals surface area contributed by atoms with Gasteiger partial charge in [-0.3, -0.25) is 14.5 Å². The van der Waals surface area contributed by atoms with E-state index in [0.717, 1.165) is 11.1 Å². The number of aliphatic carboxylic acids is 1. The number of thioether (sulfide) groups is 1. The lowest BCUT2D eigenvalue weighted by Gasteiger charge is -2.49. The summed E-state index contributed by atoms with van der Waals surface area (Å²) in [7, 11) is 0. The predicted molar refractivity (Wildman–Crippen MR) is 97.2 cm³/mol. The molecule has 0 bridgehead atoms. The molecule has 154 valence electrons. The number of nitrogens with two attached hydrogens (primary N) is 1. The van der Waals surface area contributed by atoms with Crippen molar-refractivity contribution < 1.29 is 38.3 Å². The van der Waals surface area contributed by atoms with Gasteiger partial charge in [0.05, 0.1) is 6.26 Å². The molecule has 3 amide bonds. The van der Waals surface area contributed by atoms with Gasteiger partial charge in [-0.2, -0.15) is 0 Å². The lowest BCUT2D eigenvalue weighted by atomic mass is 10.0. The molecule has 0 radical (unpaired) electrons. The highest BCUT2D eigenvalue weighted by atomic mass is 32.2. The number of primary amides is 1. The molecular weight excluding hydrogens is 408 g/mol. The number of amides is 3. The van der Waals surface area contributed by atoms with Gasteiger partial charge in [-0.15, -0.1) is 11.8 Å². The Hall–Kier alpha value is -3.48. The molecule has 1 saturated heterocycles. The summed E-state index contributed by atoms with van der Waals surface area (Å²) in [6.45, 7) is -0.300. The summed E-state index contributed by atoms with van der Waals surface area (Å²) in [5.74, 6) is -1.91. The van der Waals surface area contributed by atoms with E-state index in [1.165, 1.54) is 18.0 Å². The van der Waals surface area contributed by atoms with E-state index < -0.39 is 35.3 Å². The van der Waals surface area contributed by atoms with E-state index in [0.29, 0.717) is 5.76 Å². The Balaban J connectivity index is 1.57. The second kappa shape index (κ2) is 8.68. The molecule has 1 fully saturated rings. The van der Waals surface area contributed by atoms with Crippen LogP contribution in [0.3, 0.4) is 0 Å². The molecule has 0 saturated carbocycles. The van der Waals surface area contributed by atoms with Crippen LogP contribution in [0.2, 0.25) is 0 Å². The number of furan rings is 1. The van der Waals surface area contributed by atoms with E-state index in [4.69, 9.17) is 15.0 Å². The topological polar surface area (TPSA) is 174 Å². The average Bonchev–Trinajstić information content (AvgIpc) is 3.20. The summed E-state index contributed by atoms with van der Waals surface area (Å²) in [5.41, 5.74) is 4.86. The molecule has 2 aliphatic heterocycles. The number of nitrogens with one attached hydrogen (secondary N) is 1. The molecule has 0 aliphatic carbocycles. The van der Waals surface area contributed by atoms with Crippen molar-refractivity contribution in [3.8, 4) is 0 Å². The number of oxime groups is 1. The van der Waals surface area contributed by atoms with E-state index in [1.54, 1.807) is 12.1 Å². The van der Waals surface area contributed by atoms with Crippen LogP contribution in [-0.4, -0.2) is 63.9 Å². The quantitative estimate of drug-likeness (QED) is 0.285. The van der Waals surface area contributed by atoms with E-state index in [9.17, 15) is 24.3 Å². The second-order valence-electron chi connectivity index (χ2n) is 5.85. The van der Waals surface area contributed by atoms with Crippen LogP contribution < -0.4 is 11.1 Å². The monoisotopic (exact) mass is 424 g/mol. The third kappa shape index (κ3) is 4.51. The Morgan fingerprint density at radius 2 is 2.24 bits per heavy atom. The Bertz CT molecular complexity index is 881. The first kappa shape index (κ1) is 20.3. The average molecular weight is 424 g/mol. The zero-order valence-electron chi connectivity index (χ0n) is 14.8. The van der Waals surface area contributed by atoms with Crippen molar-refractivity contribution in [2.45, 2.75) is 18.0 Å². The first-order chi connectivity index (χ1) is 13.9. The minimum Gasteiger partial charge on any atom is -0.477 e. The van der Waals surface area contributed by atoms with Crippen molar-refractivity contribution in [3.05, 3.63) is 35.4 Å². The molecule has 1 aromatic heterocycles. The molecule has 3 heterocycles. The molecule has 2 aliphatic rings. The van der Waals surface area contributed by atoms with Crippen molar-refractivity contribution in [2.24, 2.45) is 10.9 Å². The number of carboxylic acids is 1. The largest absolute Gasteiger partial charge is 0.477 e. The molecule has 0 aromatic carbocycles. The normalized spacial score (nSPS) is 20.8. The zero-order valence-corrected chi connectivity index (χ0v) is 15.6. The molecule has 13 heteroatoms. The number of carbonyl (C=O) groups is 4. The van der Waals surface area contributed by atoms with Gasteiger partial charge in [0.25, 0.3) is 11.8 Å². The summed E-state index contributed by atoms with van der Waals surface area (Å²) < 4.78 is 9.67. The van der Waals surface area contributed by atoms with Gasteiger partial charge < -0.3 is 30.1 Å². The number of nitrogens with zero attached hydrogens (tertiary/aromatic N) is 2. The van der Waals surface area contributed by atoms with Gasteiger partial charge in [0.2, 0.25) is 0 Å². The minimum absolute atomic E-state index is 0.0360. The number of rotatable bonds is 8. The van der Waals surface area contributed by atoms with Gasteiger partial charge in [-0.05, 0) is 12.1 Å². The zero-order chi connectivity index (χ0) is 21.0. The number of carbonyl (C=O) groups excluding carboxylic acids is 3. The highest BCUT2D eigenvalue weighted by molar-refractivity contribution is 8.00. The fourth-order valence-electron chi connectivity index (χ4n) is 2.72. The third-order valence-electron chi connectivity index (χ3n) is 3.97. The summed E-state index contributed by atoms with van der Waals surface area (Å²) in [5, 5.41) is 14.8. The fourth-order valence-corrected chi connectivity index (χ4v) is 4.05. The molecule has 0 unspecified atom stereocenters. The Kier molecular flexibility index (Phi) is 6.07. The van der Waals surface area contributed by atoms with Crippen molar-refractivity contribution in [1.29, 1.82) is 0 Å². The van der Waals surface area contributed by atoms with Crippen LogP contribution in [0.25, 0.3) is 0 Å². The van der Waals surface area contributed by atoms with Gasteiger partial charge in [-0.25, -0.2) is 9.59 Å². The van der Waals surface area contributed by atoms with Gasteiger partial charge in [0, 0.05) is 11.3 Å². The van der Waals surface area contributed by atoms with Gasteiger partial charge in [0.1, 0.15) is 35.7 Å². The number of ether oxygens (including phenoxy) is 1. The van der Waals surface area contributed by atoms with E-state index in [-0.39, 0.29) is 30.2 Å². The predicted octanol–water partition coefficient (Wildman–Crippen LogP) is -0.384. The van der Waals surface area contributed by atoms with Crippen LogP contribution in [0.1, 0.15) is 5.76 Å². The lowest BCUT2D eigenvalue weighted by Crippen LogP contribution is -2.70. The van der Waals surface area contributed by atoms with Crippen molar-refractivity contribution >= 4 is 41.9 Å². The highest BCUT2D eigenvalue weighted by Crippen LogP contribution is 2.40. The van der Waals surface area contributed by atoms with Crippen LogP contribution in [0.4, 0.5) is 4.79 Å². The first-order valence-electron chi connectivity index (χ1n) is 8.19. The molecule has 2 atom stereocenters. The van der Waals surface area contributed by atoms with Crippen molar-refractivity contribution in [3.63, 3.8) is 0 Å². The van der Waals surface area contributed by atoms with Gasteiger partial charge >= 0.3 is 12.1 Å². The molecule has 3 rings (SSSR count). The van der Waals surface area contributed by atoms with E-state index >= 15 is 0 Å². The first-order valence-corrected chi connectivity index (χ1v) is 9.23. The maximum atomic E-state index is 12.4. The molecule has 12 nitrogen and oxygen atoms in total. The number of β-lactam (4-membered cyclic amide) rings is 1. The maximum Gasteiger partial charge on any atom is 0.404 e. The van der Waals surface area contributed by atoms with Crippen molar-refractivity contribution in [1.82, 2.24) is 10.2 Å². The van der Waals surface area contributed by atoms with E-state index in [1.807, 2.05) is 0 Å². The summed E-state index contributed by atoms with van der Waals surface area (Å²) in [6.07, 6.45) is 1.28. The van der Waals surface area contributed by atoms with Crippen molar-refractivity contribution in [2.75, 3.05) is 12.4 Å². The van der Waals surface area contributed by atoms with Crippen LogP contribution in [0.5, 0.6) is 0 Å². The Labute approximate surface area is 167 Å². The highest BCUT2D eigenvalue weighted by Gasteiger charge is 2.54.